The molecule has 2 aliphatic rings. The minimum Gasteiger partial charge on any atom is -0.481 e. The van der Waals surface area contributed by atoms with E-state index in [1.807, 2.05) is 12.2 Å². The SMILES string of the molecule is CC(C)(C)OC(=O)N[C@@H](CCCCC/C=C\[C@@H]1C[C@@H]1C(=O)O)C(O)N1CCC[C@H]1C(N)=O. The smallest absolute Gasteiger partial charge is 0.408 e. The van der Waals surface area contributed by atoms with Crippen molar-refractivity contribution in [3.63, 3.8) is 0 Å². The van der Waals surface area contributed by atoms with Crippen LogP contribution in [0.3, 0.4) is 0 Å². The summed E-state index contributed by atoms with van der Waals surface area (Å²) in [7, 11) is 0. The summed E-state index contributed by atoms with van der Waals surface area (Å²) in [6.45, 7) is 5.87. The third-order valence-corrected chi connectivity index (χ3v) is 5.95. The maximum Gasteiger partial charge on any atom is 0.408 e. The van der Waals surface area contributed by atoms with Crippen LogP contribution in [-0.2, 0) is 14.3 Å². The van der Waals surface area contributed by atoms with Crippen LogP contribution in [0.4, 0.5) is 4.79 Å². The molecule has 0 spiro atoms. The molecular weight excluding hydrogens is 414 g/mol. The summed E-state index contributed by atoms with van der Waals surface area (Å²) < 4.78 is 5.35. The lowest BCUT2D eigenvalue weighted by atomic mass is 10.0. The first-order chi connectivity index (χ1) is 15.0. The lowest BCUT2D eigenvalue weighted by molar-refractivity contribution is -0.138. The molecule has 0 aromatic heterocycles. The number of amides is 2. The Morgan fingerprint density at radius 3 is 2.56 bits per heavy atom. The molecule has 1 unspecified atom stereocenters. The molecule has 0 radical (unpaired) electrons. The second kappa shape index (κ2) is 11.7. The summed E-state index contributed by atoms with van der Waals surface area (Å²) in [4.78, 5) is 36.6. The monoisotopic (exact) mass is 453 g/mol. The van der Waals surface area contributed by atoms with Gasteiger partial charge in [0, 0.05) is 6.54 Å². The van der Waals surface area contributed by atoms with Gasteiger partial charge < -0.3 is 26.0 Å². The highest BCUT2D eigenvalue weighted by Crippen LogP contribution is 2.39. The number of aliphatic hydroxyl groups is 1. The Bertz CT molecular complexity index is 690. The lowest BCUT2D eigenvalue weighted by Crippen LogP contribution is -2.56. The number of aliphatic carboxylic acids is 1. The summed E-state index contributed by atoms with van der Waals surface area (Å²) >= 11 is 0. The van der Waals surface area contributed by atoms with Crippen LogP contribution in [0.1, 0.15) is 72.1 Å². The second-order valence-corrected chi connectivity index (χ2v) is 9.88. The van der Waals surface area contributed by atoms with Crippen molar-refractivity contribution in [1.29, 1.82) is 0 Å². The Morgan fingerprint density at radius 1 is 1.25 bits per heavy atom. The number of alkyl carbamates (subject to hydrolysis) is 1. The maximum atomic E-state index is 12.3. The lowest BCUT2D eigenvalue weighted by Gasteiger charge is -2.34. The molecule has 0 bridgehead atoms. The molecule has 2 amide bonds. The molecule has 1 saturated carbocycles. The van der Waals surface area contributed by atoms with Gasteiger partial charge >= 0.3 is 12.1 Å². The quantitative estimate of drug-likeness (QED) is 0.262. The molecule has 182 valence electrons. The van der Waals surface area contributed by atoms with E-state index in [4.69, 9.17) is 15.6 Å². The highest BCUT2D eigenvalue weighted by molar-refractivity contribution is 5.80. The van der Waals surface area contributed by atoms with Crippen LogP contribution in [0.25, 0.3) is 0 Å². The van der Waals surface area contributed by atoms with E-state index in [0.29, 0.717) is 19.4 Å². The predicted molar refractivity (Wildman–Crippen MR) is 120 cm³/mol. The van der Waals surface area contributed by atoms with Crippen molar-refractivity contribution in [2.75, 3.05) is 6.54 Å². The number of nitrogens with one attached hydrogen (secondary N) is 1. The predicted octanol–water partition coefficient (Wildman–Crippen LogP) is 2.38. The Hall–Kier alpha value is -2.13. The van der Waals surface area contributed by atoms with Gasteiger partial charge in [-0.2, -0.15) is 0 Å². The zero-order valence-electron chi connectivity index (χ0n) is 19.5. The van der Waals surface area contributed by atoms with Gasteiger partial charge in [-0.15, -0.1) is 0 Å². The number of ether oxygens (including phenoxy) is 1. The fourth-order valence-electron chi connectivity index (χ4n) is 4.18. The van der Waals surface area contributed by atoms with Gasteiger partial charge in [-0.05, 0) is 65.2 Å². The normalized spacial score (nSPS) is 25.4. The molecule has 2 fully saturated rings. The third-order valence-electron chi connectivity index (χ3n) is 5.95. The van der Waals surface area contributed by atoms with Gasteiger partial charge in [0.2, 0.25) is 5.91 Å². The molecule has 0 aromatic rings. The van der Waals surface area contributed by atoms with E-state index in [1.54, 1.807) is 25.7 Å². The standard InChI is InChI=1S/C23H39N3O6/c1-23(2,3)32-22(31)25-17(20(28)26-13-9-12-18(26)19(24)27)11-8-6-4-5-7-10-15-14-16(15)21(29)30/h7,10,15-18,20,28H,4-6,8-9,11-14H2,1-3H3,(H2,24,27)(H,25,31)(H,29,30)/b10-7-/t15-,16+,17+,18+,20?/m1/s1. The molecule has 1 aliphatic carbocycles. The van der Waals surface area contributed by atoms with E-state index in [2.05, 4.69) is 5.32 Å². The zero-order chi connectivity index (χ0) is 23.9. The number of likely N-dealkylation sites (tertiary alicyclic amines) is 1. The summed E-state index contributed by atoms with van der Waals surface area (Å²) in [5.74, 6) is -1.24. The van der Waals surface area contributed by atoms with Gasteiger partial charge in [-0.1, -0.05) is 25.0 Å². The molecule has 32 heavy (non-hydrogen) atoms. The van der Waals surface area contributed by atoms with Crippen molar-refractivity contribution in [3.8, 4) is 0 Å². The van der Waals surface area contributed by atoms with Crippen LogP contribution in [-0.4, -0.2) is 63.5 Å². The Morgan fingerprint density at radius 2 is 1.97 bits per heavy atom. The van der Waals surface area contributed by atoms with Crippen molar-refractivity contribution in [3.05, 3.63) is 12.2 Å². The van der Waals surface area contributed by atoms with E-state index in [0.717, 1.165) is 38.5 Å². The molecule has 9 nitrogen and oxygen atoms in total. The topological polar surface area (TPSA) is 142 Å². The maximum absolute atomic E-state index is 12.3. The van der Waals surface area contributed by atoms with E-state index in [1.165, 1.54) is 0 Å². The van der Waals surface area contributed by atoms with Gasteiger partial charge in [-0.25, -0.2) is 4.79 Å². The van der Waals surface area contributed by atoms with E-state index < -0.39 is 41.9 Å². The minimum absolute atomic E-state index is 0.170. The number of hydrogen-bond acceptors (Lipinski definition) is 6. The zero-order valence-corrected chi connectivity index (χ0v) is 19.5. The summed E-state index contributed by atoms with van der Waals surface area (Å²) in [5.41, 5.74) is 4.83. The van der Waals surface area contributed by atoms with Gasteiger partial charge in [0.05, 0.1) is 18.0 Å². The van der Waals surface area contributed by atoms with Crippen LogP contribution < -0.4 is 11.1 Å². The Labute approximate surface area is 190 Å². The van der Waals surface area contributed by atoms with Crippen LogP contribution >= 0.6 is 0 Å². The van der Waals surface area contributed by atoms with Gasteiger partial charge in [0.1, 0.15) is 11.8 Å². The van der Waals surface area contributed by atoms with Crippen molar-refractivity contribution in [1.82, 2.24) is 10.2 Å². The number of primary amides is 1. The number of carbonyl (C=O) groups excluding carboxylic acids is 2. The Kier molecular flexibility index (Phi) is 9.51. The number of hydrogen-bond donors (Lipinski definition) is 4. The van der Waals surface area contributed by atoms with E-state index in [9.17, 15) is 19.5 Å². The number of unbranched alkanes of at least 4 members (excludes halogenated alkanes) is 3. The summed E-state index contributed by atoms with van der Waals surface area (Å²) in [5, 5.41) is 22.6. The van der Waals surface area contributed by atoms with E-state index in [-0.39, 0.29) is 11.8 Å². The van der Waals surface area contributed by atoms with Crippen molar-refractivity contribution in [2.45, 2.75) is 96.1 Å². The number of nitrogens with two attached hydrogens (primary N) is 1. The first-order valence-corrected chi connectivity index (χ1v) is 11.6. The molecule has 5 atom stereocenters. The highest BCUT2D eigenvalue weighted by Gasteiger charge is 2.41. The number of allylic oxidation sites excluding steroid dienone is 2. The number of rotatable bonds is 12. The van der Waals surface area contributed by atoms with E-state index >= 15 is 0 Å². The fourth-order valence-corrected chi connectivity index (χ4v) is 4.18. The largest absolute Gasteiger partial charge is 0.481 e. The number of carbonyl (C=O) groups is 3. The average molecular weight is 454 g/mol. The third kappa shape index (κ3) is 8.43. The van der Waals surface area contributed by atoms with Gasteiger partial charge in [0.25, 0.3) is 0 Å². The molecule has 1 aliphatic heterocycles. The number of aliphatic hydroxyl groups excluding tert-OH is 1. The van der Waals surface area contributed by atoms with Crippen molar-refractivity contribution < 1.29 is 29.3 Å². The molecule has 1 heterocycles. The summed E-state index contributed by atoms with van der Waals surface area (Å²) in [6, 6.07) is -1.11. The fraction of sp³-hybridized carbons (Fsp3) is 0.783. The van der Waals surface area contributed by atoms with Gasteiger partial charge in [-0.3, -0.25) is 14.5 Å². The van der Waals surface area contributed by atoms with Crippen LogP contribution in [0.15, 0.2) is 12.2 Å². The first kappa shape index (κ1) is 26.1. The molecular formula is C23H39N3O6. The van der Waals surface area contributed by atoms with Gasteiger partial charge in [0.15, 0.2) is 0 Å². The number of carboxylic acid groups (broad SMARTS) is 1. The average Bonchev–Trinajstić information content (AvgIpc) is 3.28. The second-order valence-electron chi connectivity index (χ2n) is 9.88. The molecule has 5 N–H and O–H groups in total. The molecule has 2 rings (SSSR count). The Balaban J connectivity index is 1.83. The summed E-state index contributed by atoms with van der Waals surface area (Å²) in [6.07, 6.45) is 8.52. The molecule has 1 saturated heterocycles. The van der Waals surface area contributed by atoms with Crippen molar-refractivity contribution >= 4 is 18.0 Å². The van der Waals surface area contributed by atoms with Crippen LogP contribution in [0, 0.1) is 11.8 Å². The number of nitrogens with zero attached hydrogens (tertiary/aromatic N) is 1. The molecule has 0 aromatic carbocycles. The first-order valence-electron chi connectivity index (χ1n) is 11.6. The highest BCUT2D eigenvalue weighted by atomic mass is 16.6. The molecule has 9 heteroatoms. The van der Waals surface area contributed by atoms with Crippen LogP contribution in [0.5, 0.6) is 0 Å². The number of carboxylic acids is 1. The van der Waals surface area contributed by atoms with Crippen LogP contribution in [0.2, 0.25) is 0 Å². The van der Waals surface area contributed by atoms with Crippen molar-refractivity contribution in [2.24, 2.45) is 17.6 Å². The minimum atomic E-state index is -1.02.